The van der Waals surface area contributed by atoms with Crippen LogP contribution < -0.4 is 16.4 Å². The van der Waals surface area contributed by atoms with E-state index in [1.807, 2.05) is 0 Å². The van der Waals surface area contributed by atoms with Crippen molar-refractivity contribution >= 4 is 18.2 Å². The Bertz CT molecular complexity index is 256. The van der Waals surface area contributed by atoms with E-state index in [0.717, 1.165) is 25.7 Å². The van der Waals surface area contributed by atoms with Gasteiger partial charge in [0.15, 0.2) is 0 Å². The number of unbranched alkanes of at least 4 members (excludes halogenated alkanes) is 3. The molecule has 3 amide bonds. The van der Waals surface area contributed by atoms with E-state index in [2.05, 4.69) is 17.6 Å². The highest BCUT2D eigenvalue weighted by atomic mass is 16.2. The second-order valence-corrected chi connectivity index (χ2v) is 3.87. The standard InChI is InChI=1S/C11H21N3O3/c1-2-3-4-5-6-13-11(17)14-9(8-15)7-10(12)16/h8-9H,2-7H2,1H3,(H2,12,16)(H2,13,14,17)/t9-/m1/s1. The number of nitrogens with two attached hydrogens (primary N) is 1. The quantitative estimate of drug-likeness (QED) is 0.401. The molecule has 0 bridgehead atoms. The lowest BCUT2D eigenvalue weighted by Crippen LogP contribution is -2.44. The average Bonchev–Trinajstić information content (AvgIpc) is 2.27. The molecule has 98 valence electrons. The first-order valence-corrected chi connectivity index (χ1v) is 5.88. The number of primary amides is 1. The Balaban J connectivity index is 3.68. The molecule has 0 aliphatic heterocycles. The van der Waals surface area contributed by atoms with Crippen molar-refractivity contribution in [2.75, 3.05) is 6.54 Å². The molecule has 1 atom stereocenters. The van der Waals surface area contributed by atoms with Crippen LogP contribution in [-0.2, 0) is 9.59 Å². The molecule has 0 aromatic heterocycles. The lowest BCUT2D eigenvalue weighted by Gasteiger charge is -2.11. The Hall–Kier alpha value is -1.59. The van der Waals surface area contributed by atoms with Crippen molar-refractivity contribution < 1.29 is 14.4 Å². The molecule has 0 unspecified atom stereocenters. The van der Waals surface area contributed by atoms with Crippen LogP contribution >= 0.6 is 0 Å². The van der Waals surface area contributed by atoms with Crippen molar-refractivity contribution in [3.8, 4) is 0 Å². The molecule has 0 heterocycles. The molecule has 0 aromatic rings. The number of carbonyl (C=O) groups is 3. The topological polar surface area (TPSA) is 101 Å². The third-order valence-electron chi connectivity index (χ3n) is 2.22. The van der Waals surface area contributed by atoms with E-state index < -0.39 is 18.0 Å². The highest BCUT2D eigenvalue weighted by Gasteiger charge is 2.13. The molecule has 0 aliphatic rings. The normalized spacial score (nSPS) is 11.6. The monoisotopic (exact) mass is 243 g/mol. The molecule has 6 nitrogen and oxygen atoms in total. The molecule has 0 rings (SSSR count). The van der Waals surface area contributed by atoms with Crippen molar-refractivity contribution in [2.24, 2.45) is 5.73 Å². The van der Waals surface area contributed by atoms with Gasteiger partial charge in [-0.1, -0.05) is 26.2 Å². The third kappa shape index (κ3) is 9.35. The Morgan fingerprint density at radius 2 is 2.00 bits per heavy atom. The molecule has 0 spiro atoms. The second kappa shape index (κ2) is 9.62. The van der Waals surface area contributed by atoms with Crippen LogP contribution in [0.15, 0.2) is 0 Å². The molecule has 6 heteroatoms. The maximum atomic E-state index is 11.3. The van der Waals surface area contributed by atoms with Gasteiger partial charge in [0.25, 0.3) is 0 Å². The Morgan fingerprint density at radius 3 is 2.53 bits per heavy atom. The first-order chi connectivity index (χ1) is 8.10. The van der Waals surface area contributed by atoms with Crippen LogP contribution in [0.25, 0.3) is 0 Å². The predicted octanol–water partition coefficient (Wildman–Crippen LogP) is 0.309. The van der Waals surface area contributed by atoms with Gasteiger partial charge in [0.2, 0.25) is 5.91 Å². The summed E-state index contributed by atoms with van der Waals surface area (Å²) in [5, 5.41) is 4.99. The van der Waals surface area contributed by atoms with E-state index >= 15 is 0 Å². The first-order valence-electron chi connectivity index (χ1n) is 5.88. The number of rotatable bonds is 9. The van der Waals surface area contributed by atoms with Crippen LogP contribution in [0.1, 0.15) is 39.0 Å². The fourth-order valence-corrected chi connectivity index (χ4v) is 1.32. The fraction of sp³-hybridized carbons (Fsp3) is 0.727. The summed E-state index contributed by atoms with van der Waals surface area (Å²) in [7, 11) is 0. The predicted molar refractivity (Wildman–Crippen MR) is 64.3 cm³/mol. The van der Waals surface area contributed by atoms with Gasteiger partial charge in [0, 0.05) is 6.54 Å². The Morgan fingerprint density at radius 1 is 1.29 bits per heavy atom. The SMILES string of the molecule is CCCCCCNC(=O)N[C@@H](C=O)CC(N)=O. The van der Waals surface area contributed by atoms with Gasteiger partial charge in [-0.3, -0.25) is 4.79 Å². The smallest absolute Gasteiger partial charge is 0.315 e. The molecule has 4 N–H and O–H groups in total. The fourth-order valence-electron chi connectivity index (χ4n) is 1.32. The maximum absolute atomic E-state index is 11.3. The summed E-state index contributed by atoms with van der Waals surface area (Å²) in [6.07, 6.45) is 4.58. The summed E-state index contributed by atoms with van der Waals surface area (Å²) in [6, 6.07) is -1.29. The van der Waals surface area contributed by atoms with Crippen molar-refractivity contribution in [3.63, 3.8) is 0 Å². The van der Waals surface area contributed by atoms with E-state index in [-0.39, 0.29) is 6.42 Å². The molecule has 0 fully saturated rings. The van der Waals surface area contributed by atoms with Crippen LogP contribution in [0.4, 0.5) is 4.79 Å². The highest BCUT2D eigenvalue weighted by Crippen LogP contribution is 1.96. The van der Waals surface area contributed by atoms with Crippen LogP contribution in [0, 0.1) is 0 Å². The summed E-state index contributed by atoms with van der Waals surface area (Å²) in [4.78, 5) is 32.4. The number of hydrogen-bond acceptors (Lipinski definition) is 3. The van der Waals surface area contributed by atoms with Gasteiger partial charge in [-0.15, -0.1) is 0 Å². The van der Waals surface area contributed by atoms with Gasteiger partial charge in [-0.05, 0) is 6.42 Å². The lowest BCUT2D eigenvalue weighted by atomic mass is 10.2. The minimum Gasteiger partial charge on any atom is -0.370 e. The highest BCUT2D eigenvalue weighted by molar-refractivity contribution is 5.83. The number of aldehydes is 1. The van der Waals surface area contributed by atoms with E-state index in [9.17, 15) is 14.4 Å². The molecule has 0 saturated heterocycles. The third-order valence-corrected chi connectivity index (χ3v) is 2.22. The molecule has 17 heavy (non-hydrogen) atoms. The molecule has 0 saturated carbocycles. The largest absolute Gasteiger partial charge is 0.370 e. The van der Waals surface area contributed by atoms with Crippen molar-refractivity contribution in [1.82, 2.24) is 10.6 Å². The van der Waals surface area contributed by atoms with E-state index in [1.165, 1.54) is 0 Å². The molecular weight excluding hydrogens is 222 g/mol. The number of urea groups is 1. The molecule has 0 radical (unpaired) electrons. The van der Waals surface area contributed by atoms with Crippen LogP contribution in [-0.4, -0.2) is 30.8 Å². The van der Waals surface area contributed by atoms with Gasteiger partial charge in [-0.25, -0.2) is 4.79 Å². The minimum atomic E-state index is -0.844. The lowest BCUT2D eigenvalue weighted by molar-refractivity contribution is -0.120. The number of amides is 3. The summed E-state index contributed by atoms with van der Waals surface area (Å²) in [6.45, 7) is 2.67. The van der Waals surface area contributed by atoms with Gasteiger partial charge in [0.05, 0.1) is 12.5 Å². The van der Waals surface area contributed by atoms with Crippen molar-refractivity contribution in [3.05, 3.63) is 0 Å². The minimum absolute atomic E-state index is 0.174. The molecule has 0 aromatic carbocycles. The van der Waals surface area contributed by atoms with Gasteiger partial charge < -0.3 is 21.2 Å². The van der Waals surface area contributed by atoms with Crippen LogP contribution in [0.5, 0.6) is 0 Å². The van der Waals surface area contributed by atoms with Crippen molar-refractivity contribution in [2.45, 2.75) is 45.1 Å². The summed E-state index contributed by atoms with van der Waals surface area (Å²) >= 11 is 0. The number of nitrogens with one attached hydrogen (secondary N) is 2. The Kier molecular flexibility index (Phi) is 8.72. The zero-order chi connectivity index (χ0) is 13.1. The van der Waals surface area contributed by atoms with Crippen LogP contribution in [0.2, 0.25) is 0 Å². The Labute approximate surface area is 101 Å². The van der Waals surface area contributed by atoms with E-state index in [1.54, 1.807) is 0 Å². The van der Waals surface area contributed by atoms with Crippen LogP contribution in [0.3, 0.4) is 0 Å². The number of hydrogen-bond donors (Lipinski definition) is 3. The zero-order valence-corrected chi connectivity index (χ0v) is 10.2. The second-order valence-electron chi connectivity index (χ2n) is 3.87. The maximum Gasteiger partial charge on any atom is 0.315 e. The number of carbonyl (C=O) groups excluding carboxylic acids is 3. The van der Waals surface area contributed by atoms with Gasteiger partial charge in [0.1, 0.15) is 6.29 Å². The van der Waals surface area contributed by atoms with Gasteiger partial charge >= 0.3 is 6.03 Å². The summed E-state index contributed by atoms with van der Waals surface area (Å²) < 4.78 is 0. The van der Waals surface area contributed by atoms with E-state index in [4.69, 9.17) is 5.73 Å². The van der Waals surface area contributed by atoms with E-state index in [0.29, 0.717) is 12.8 Å². The summed E-state index contributed by atoms with van der Waals surface area (Å²) in [5.74, 6) is -0.620. The zero-order valence-electron chi connectivity index (χ0n) is 10.2. The van der Waals surface area contributed by atoms with Crippen molar-refractivity contribution in [1.29, 1.82) is 0 Å². The average molecular weight is 243 g/mol. The summed E-state index contributed by atoms with van der Waals surface area (Å²) in [5.41, 5.74) is 4.93. The van der Waals surface area contributed by atoms with Gasteiger partial charge in [-0.2, -0.15) is 0 Å². The first kappa shape index (κ1) is 15.4. The molecular formula is C11H21N3O3. The molecule has 0 aliphatic carbocycles.